The van der Waals surface area contributed by atoms with Crippen molar-refractivity contribution in [2.75, 3.05) is 32.9 Å². The van der Waals surface area contributed by atoms with E-state index >= 15 is 0 Å². The molecule has 0 N–H and O–H groups in total. The molecule has 0 aliphatic heterocycles. The lowest BCUT2D eigenvalue weighted by Gasteiger charge is -2.19. The van der Waals surface area contributed by atoms with Gasteiger partial charge in [-0.15, -0.1) is 12.4 Å². The van der Waals surface area contributed by atoms with Gasteiger partial charge in [0.2, 0.25) is 0 Å². The predicted molar refractivity (Wildman–Crippen MR) is 134 cm³/mol. The van der Waals surface area contributed by atoms with Crippen molar-refractivity contribution in [1.29, 1.82) is 0 Å². The molecule has 0 radical (unpaired) electrons. The van der Waals surface area contributed by atoms with Crippen LogP contribution >= 0.6 is 23.7 Å². The van der Waals surface area contributed by atoms with Gasteiger partial charge in [0.1, 0.15) is 12.4 Å². The minimum Gasteiger partial charge on any atom is -0.491 e. The molecule has 0 bridgehead atoms. The summed E-state index contributed by atoms with van der Waals surface area (Å²) in [6.07, 6.45) is 6.75. The smallest absolute Gasteiger partial charge is 0.120 e. The number of hydrogen-bond donors (Lipinski definition) is 0. The number of nitrogens with zero attached hydrogens (tertiary/aromatic N) is 1. The van der Waals surface area contributed by atoms with Gasteiger partial charge in [0.25, 0.3) is 0 Å². The molecule has 31 heavy (non-hydrogen) atoms. The summed E-state index contributed by atoms with van der Waals surface area (Å²) in [4.78, 5) is 2.49. The molecule has 1 saturated carbocycles. The number of hydrogen-bond acceptors (Lipinski definition) is 4. The Morgan fingerprint density at radius 3 is 2.68 bits per heavy atom. The third-order valence-corrected chi connectivity index (χ3v) is 5.44. The first kappa shape index (κ1) is 25.5. The van der Waals surface area contributed by atoms with Crippen LogP contribution in [-0.4, -0.2) is 43.9 Å². The second-order valence-electron chi connectivity index (χ2n) is 8.65. The zero-order valence-corrected chi connectivity index (χ0v) is 20.4. The minimum absolute atomic E-state index is 0. The second kappa shape index (κ2) is 12.9. The fourth-order valence-corrected chi connectivity index (χ4v) is 3.73. The van der Waals surface area contributed by atoms with E-state index in [4.69, 9.17) is 9.47 Å². The lowest BCUT2D eigenvalue weighted by atomic mass is 9.98. The zero-order chi connectivity index (χ0) is 21.2. The fourth-order valence-electron chi connectivity index (χ4n) is 3.06. The van der Waals surface area contributed by atoms with E-state index in [0.717, 1.165) is 25.4 Å². The molecule has 1 aromatic heterocycles. The van der Waals surface area contributed by atoms with Crippen molar-refractivity contribution in [3.63, 3.8) is 0 Å². The molecular formula is C26H34ClNO2S. The Morgan fingerprint density at radius 1 is 1.13 bits per heavy atom. The molecule has 1 heterocycles. The Labute approximate surface area is 197 Å². The van der Waals surface area contributed by atoms with Crippen molar-refractivity contribution in [2.45, 2.75) is 39.7 Å². The molecule has 1 aliphatic carbocycles. The van der Waals surface area contributed by atoms with Gasteiger partial charge >= 0.3 is 0 Å². The minimum atomic E-state index is 0. The Kier molecular flexibility index (Phi) is 10.6. The highest BCUT2D eigenvalue weighted by molar-refractivity contribution is 7.08. The van der Waals surface area contributed by atoms with E-state index in [-0.39, 0.29) is 17.8 Å². The fraction of sp³-hybridized carbons (Fsp3) is 0.462. The van der Waals surface area contributed by atoms with E-state index < -0.39 is 0 Å². The molecule has 168 valence electrons. The first-order valence-electron chi connectivity index (χ1n) is 10.8. The van der Waals surface area contributed by atoms with Crippen molar-refractivity contribution in [1.82, 2.24) is 4.90 Å². The van der Waals surface area contributed by atoms with Crippen LogP contribution in [0.2, 0.25) is 0 Å². The molecule has 5 heteroatoms. The van der Waals surface area contributed by atoms with Crippen molar-refractivity contribution >= 4 is 23.7 Å². The van der Waals surface area contributed by atoms with E-state index in [1.165, 1.54) is 24.0 Å². The van der Waals surface area contributed by atoms with Gasteiger partial charge in [-0.3, -0.25) is 4.90 Å². The van der Waals surface area contributed by atoms with E-state index in [1.54, 1.807) is 11.3 Å². The lowest BCUT2D eigenvalue weighted by molar-refractivity contribution is 0.0805. The van der Waals surface area contributed by atoms with Gasteiger partial charge in [-0.25, -0.2) is 0 Å². The lowest BCUT2D eigenvalue weighted by Crippen LogP contribution is -2.30. The third-order valence-electron chi connectivity index (χ3n) is 4.76. The molecule has 0 saturated heterocycles. The summed E-state index contributed by atoms with van der Waals surface area (Å²) in [5, 5.41) is 4.25. The van der Waals surface area contributed by atoms with Crippen molar-refractivity contribution in [2.24, 2.45) is 5.41 Å². The van der Waals surface area contributed by atoms with Crippen LogP contribution in [0.25, 0.3) is 11.1 Å². The van der Waals surface area contributed by atoms with E-state index in [9.17, 15) is 0 Å². The monoisotopic (exact) mass is 459 g/mol. The van der Waals surface area contributed by atoms with Gasteiger partial charge in [0, 0.05) is 24.5 Å². The van der Waals surface area contributed by atoms with Gasteiger partial charge < -0.3 is 9.47 Å². The van der Waals surface area contributed by atoms with Gasteiger partial charge in [0.15, 0.2) is 0 Å². The molecule has 1 aliphatic rings. The highest BCUT2D eigenvalue weighted by atomic mass is 35.5. The highest BCUT2D eigenvalue weighted by Crippen LogP contribution is 2.27. The molecule has 2 aromatic rings. The van der Waals surface area contributed by atoms with Gasteiger partial charge in [0.05, 0.1) is 13.2 Å². The molecule has 3 rings (SSSR count). The topological polar surface area (TPSA) is 21.7 Å². The van der Waals surface area contributed by atoms with E-state index in [0.29, 0.717) is 19.3 Å². The van der Waals surface area contributed by atoms with Crippen LogP contribution in [0.3, 0.4) is 0 Å². The van der Waals surface area contributed by atoms with Gasteiger partial charge in [-0.1, -0.05) is 30.0 Å². The predicted octanol–water partition coefficient (Wildman–Crippen LogP) is 6.30. The molecule has 0 atom stereocenters. The second-order valence-corrected chi connectivity index (χ2v) is 9.43. The normalized spacial score (nSPS) is 13.7. The maximum Gasteiger partial charge on any atom is 0.120 e. The van der Waals surface area contributed by atoms with Crippen LogP contribution in [0, 0.1) is 17.3 Å². The summed E-state index contributed by atoms with van der Waals surface area (Å²) in [7, 11) is 0. The summed E-state index contributed by atoms with van der Waals surface area (Å²) >= 11 is 1.71. The molecule has 0 spiro atoms. The van der Waals surface area contributed by atoms with Gasteiger partial charge in [-0.05, 0) is 79.8 Å². The number of benzene rings is 1. The Morgan fingerprint density at radius 2 is 1.97 bits per heavy atom. The summed E-state index contributed by atoms with van der Waals surface area (Å²) < 4.78 is 11.7. The maximum atomic E-state index is 5.87. The summed E-state index contributed by atoms with van der Waals surface area (Å²) in [6.45, 7) is 10.2. The Hall–Kier alpha value is -1.77. The zero-order valence-electron chi connectivity index (χ0n) is 18.8. The number of allylic oxidation sites excluding steroid dienone is 1. The van der Waals surface area contributed by atoms with E-state index in [2.05, 4.69) is 72.5 Å². The van der Waals surface area contributed by atoms with Crippen LogP contribution in [0.1, 0.15) is 33.6 Å². The molecule has 0 unspecified atom stereocenters. The largest absolute Gasteiger partial charge is 0.491 e. The Bertz CT molecular complexity index is 858. The van der Waals surface area contributed by atoms with Crippen molar-refractivity contribution in [3.05, 3.63) is 53.2 Å². The number of halogens is 1. The maximum absolute atomic E-state index is 5.87. The van der Waals surface area contributed by atoms with Crippen LogP contribution in [-0.2, 0) is 4.74 Å². The van der Waals surface area contributed by atoms with Crippen LogP contribution in [0.15, 0.2) is 53.2 Å². The van der Waals surface area contributed by atoms with Crippen molar-refractivity contribution in [3.8, 4) is 28.7 Å². The number of rotatable bonds is 11. The summed E-state index contributed by atoms with van der Waals surface area (Å²) in [5.74, 6) is 7.28. The first-order valence-corrected chi connectivity index (χ1v) is 11.7. The molecular weight excluding hydrogens is 426 g/mol. The quantitative estimate of drug-likeness (QED) is 0.290. The Balaban J connectivity index is 0.00000341. The standard InChI is InChI=1S/C26H33NO2S.ClH/c1-26(2,3)13-5-4-6-14-27(24-10-11-24)15-16-28-17-18-29-25-9-7-8-22(20-25)23-12-19-30-21-23;/h4,6-9,12,19-21,24H,10-11,14-18H2,1-3H3;1H/b6-4+;. The van der Waals surface area contributed by atoms with Crippen LogP contribution < -0.4 is 4.74 Å². The van der Waals surface area contributed by atoms with Crippen molar-refractivity contribution < 1.29 is 9.47 Å². The number of thiophene rings is 1. The van der Waals surface area contributed by atoms with Crippen LogP contribution in [0.4, 0.5) is 0 Å². The van der Waals surface area contributed by atoms with E-state index in [1.807, 2.05) is 18.2 Å². The third kappa shape index (κ3) is 9.93. The molecule has 0 amide bonds. The average Bonchev–Trinajstić information content (AvgIpc) is 3.41. The number of ether oxygens (including phenoxy) is 2. The molecule has 1 aromatic carbocycles. The molecule has 3 nitrogen and oxygen atoms in total. The molecule has 1 fully saturated rings. The highest BCUT2D eigenvalue weighted by Gasteiger charge is 2.27. The SMILES string of the molecule is CC(C)(C)C#C/C=C/CN(CCOCCOc1cccc(-c2ccsc2)c1)C1CC1.Cl. The average molecular weight is 460 g/mol. The summed E-state index contributed by atoms with van der Waals surface area (Å²) in [6, 6.07) is 11.1. The van der Waals surface area contributed by atoms with Gasteiger partial charge in [-0.2, -0.15) is 11.3 Å². The summed E-state index contributed by atoms with van der Waals surface area (Å²) in [5.41, 5.74) is 2.48. The first-order chi connectivity index (χ1) is 14.5. The van der Waals surface area contributed by atoms with Crippen LogP contribution in [0.5, 0.6) is 5.75 Å².